The molecule has 0 aromatic rings. The number of hydrogen-bond acceptors (Lipinski definition) is 2. The normalized spacial score (nSPS) is 21.8. The molecule has 0 aromatic carbocycles. The van der Waals surface area contributed by atoms with Crippen LogP contribution in [0.15, 0.2) is 12.8 Å². The van der Waals surface area contributed by atoms with Crippen LogP contribution in [0.4, 0.5) is 0 Å². The zero-order chi connectivity index (χ0) is 8.86. The monoisotopic (exact) mass is 186 g/mol. The quantitative estimate of drug-likeness (QED) is 0.624. The van der Waals surface area contributed by atoms with E-state index in [1.165, 1.54) is 30.8 Å². The highest BCUT2D eigenvalue weighted by molar-refractivity contribution is 7.99. The maximum Gasteiger partial charge on any atom is 0.0929 e. The fourth-order valence-corrected chi connectivity index (χ4v) is 3.00. The molecule has 1 nitrogen and oxygen atoms in total. The highest BCUT2D eigenvalue weighted by atomic mass is 32.2. The molecule has 0 unspecified atom stereocenters. The van der Waals surface area contributed by atoms with Gasteiger partial charge in [0.25, 0.3) is 0 Å². The molecule has 0 aliphatic carbocycles. The molecule has 2 heteroatoms. The molecule has 0 aromatic heterocycles. The maximum absolute atomic E-state index is 5.32. The van der Waals surface area contributed by atoms with Crippen LogP contribution in [0.3, 0.4) is 0 Å². The molecule has 1 rings (SSSR count). The predicted octanol–water partition coefficient (Wildman–Crippen LogP) is 3.07. The lowest BCUT2D eigenvalue weighted by atomic mass is 9.80. The first kappa shape index (κ1) is 9.97. The molecule has 0 bridgehead atoms. The Kier molecular flexibility index (Phi) is 3.99. The van der Waals surface area contributed by atoms with E-state index in [9.17, 15) is 0 Å². The maximum atomic E-state index is 5.32. The van der Waals surface area contributed by atoms with E-state index in [1.54, 1.807) is 6.26 Å². The fraction of sp³-hybridized carbons (Fsp3) is 0.800. The van der Waals surface area contributed by atoms with E-state index in [-0.39, 0.29) is 0 Å². The van der Waals surface area contributed by atoms with Crippen molar-refractivity contribution in [2.75, 3.05) is 18.1 Å². The Balaban J connectivity index is 2.41. The minimum Gasteiger partial charge on any atom is -0.501 e. The van der Waals surface area contributed by atoms with Crippen LogP contribution in [0.1, 0.15) is 26.2 Å². The number of thioether (sulfide) groups is 1. The van der Waals surface area contributed by atoms with Gasteiger partial charge >= 0.3 is 0 Å². The highest BCUT2D eigenvalue weighted by Crippen LogP contribution is 2.37. The summed E-state index contributed by atoms with van der Waals surface area (Å²) < 4.78 is 5.32. The third kappa shape index (κ3) is 2.44. The minimum atomic E-state index is 0.458. The molecule has 1 aliphatic heterocycles. The first-order chi connectivity index (χ1) is 5.83. The third-order valence-electron chi connectivity index (χ3n) is 2.81. The van der Waals surface area contributed by atoms with Crippen molar-refractivity contribution in [3.05, 3.63) is 12.8 Å². The smallest absolute Gasteiger partial charge is 0.0929 e. The number of rotatable bonds is 4. The first-order valence-electron chi connectivity index (χ1n) is 4.63. The summed E-state index contributed by atoms with van der Waals surface area (Å²) in [6.45, 7) is 6.72. The van der Waals surface area contributed by atoms with Crippen LogP contribution in [-0.4, -0.2) is 18.1 Å². The van der Waals surface area contributed by atoms with E-state index in [0.29, 0.717) is 5.41 Å². The Hall–Kier alpha value is -0.110. The van der Waals surface area contributed by atoms with Crippen molar-refractivity contribution >= 4 is 11.8 Å². The van der Waals surface area contributed by atoms with Gasteiger partial charge in [0.2, 0.25) is 0 Å². The van der Waals surface area contributed by atoms with Gasteiger partial charge in [-0.3, -0.25) is 0 Å². The first-order valence-corrected chi connectivity index (χ1v) is 5.79. The fourth-order valence-electron chi connectivity index (χ4n) is 1.64. The summed E-state index contributed by atoms with van der Waals surface area (Å²) in [5.74, 6) is 2.60. The van der Waals surface area contributed by atoms with Crippen molar-refractivity contribution in [2.45, 2.75) is 26.2 Å². The molecular weight excluding hydrogens is 168 g/mol. The van der Waals surface area contributed by atoms with E-state index in [4.69, 9.17) is 4.74 Å². The summed E-state index contributed by atoms with van der Waals surface area (Å²) in [6, 6.07) is 0. The molecule has 0 saturated carbocycles. The van der Waals surface area contributed by atoms with E-state index in [0.717, 1.165) is 6.61 Å². The summed E-state index contributed by atoms with van der Waals surface area (Å²) in [5, 5.41) is 0. The van der Waals surface area contributed by atoms with Gasteiger partial charge in [0, 0.05) is 5.41 Å². The third-order valence-corrected chi connectivity index (χ3v) is 3.80. The van der Waals surface area contributed by atoms with Crippen molar-refractivity contribution in [3.63, 3.8) is 0 Å². The second-order valence-corrected chi connectivity index (χ2v) is 4.67. The molecule has 0 atom stereocenters. The van der Waals surface area contributed by atoms with Gasteiger partial charge in [0.15, 0.2) is 0 Å². The Labute approximate surface area is 79.6 Å². The second kappa shape index (κ2) is 4.80. The average Bonchev–Trinajstić information content (AvgIpc) is 2.16. The highest BCUT2D eigenvalue weighted by Gasteiger charge is 2.30. The van der Waals surface area contributed by atoms with Crippen molar-refractivity contribution in [3.8, 4) is 0 Å². The van der Waals surface area contributed by atoms with E-state index in [1.807, 2.05) is 0 Å². The van der Waals surface area contributed by atoms with Crippen LogP contribution in [0.5, 0.6) is 0 Å². The predicted molar refractivity (Wildman–Crippen MR) is 55.4 cm³/mol. The zero-order valence-corrected chi connectivity index (χ0v) is 8.66. The van der Waals surface area contributed by atoms with Crippen molar-refractivity contribution in [2.24, 2.45) is 5.41 Å². The molecular formula is C10H18OS. The Morgan fingerprint density at radius 1 is 1.50 bits per heavy atom. The Morgan fingerprint density at radius 3 is 2.67 bits per heavy atom. The van der Waals surface area contributed by atoms with Crippen LogP contribution >= 0.6 is 11.8 Å². The summed E-state index contributed by atoms with van der Waals surface area (Å²) in [7, 11) is 0. The SMILES string of the molecule is C=COCC1(CC)CCSCC1. The largest absolute Gasteiger partial charge is 0.501 e. The van der Waals surface area contributed by atoms with Crippen LogP contribution in [0, 0.1) is 5.41 Å². The lowest BCUT2D eigenvalue weighted by Gasteiger charge is -2.35. The Morgan fingerprint density at radius 2 is 2.17 bits per heavy atom. The van der Waals surface area contributed by atoms with Gasteiger partial charge in [-0.25, -0.2) is 0 Å². The molecule has 1 aliphatic rings. The number of ether oxygens (including phenoxy) is 1. The molecule has 12 heavy (non-hydrogen) atoms. The van der Waals surface area contributed by atoms with Crippen LogP contribution in [0.2, 0.25) is 0 Å². The van der Waals surface area contributed by atoms with Gasteiger partial charge in [0.1, 0.15) is 0 Å². The molecule has 1 saturated heterocycles. The van der Waals surface area contributed by atoms with E-state index < -0.39 is 0 Å². The van der Waals surface area contributed by atoms with E-state index >= 15 is 0 Å². The van der Waals surface area contributed by atoms with Crippen LogP contribution in [-0.2, 0) is 4.74 Å². The minimum absolute atomic E-state index is 0.458. The van der Waals surface area contributed by atoms with Crippen molar-refractivity contribution in [1.29, 1.82) is 0 Å². The molecule has 1 heterocycles. The van der Waals surface area contributed by atoms with Gasteiger partial charge in [-0.15, -0.1) is 0 Å². The topological polar surface area (TPSA) is 9.23 Å². The summed E-state index contributed by atoms with van der Waals surface area (Å²) in [6.07, 6.45) is 5.42. The van der Waals surface area contributed by atoms with Gasteiger partial charge in [-0.05, 0) is 30.8 Å². The lowest BCUT2D eigenvalue weighted by Crippen LogP contribution is -2.30. The molecule has 0 spiro atoms. The van der Waals surface area contributed by atoms with Gasteiger partial charge in [0.05, 0.1) is 12.9 Å². The Bertz CT molecular complexity index is 139. The van der Waals surface area contributed by atoms with Crippen molar-refractivity contribution < 1.29 is 4.74 Å². The number of hydrogen-bond donors (Lipinski definition) is 0. The molecule has 0 radical (unpaired) electrons. The molecule has 0 amide bonds. The van der Waals surface area contributed by atoms with Gasteiger partial charge < -0.3 is 4.74 Å². The summed E-state index contributed by atoms with van der Waals surface area (Å²) in [5.41, 5.74) is 0.458. The van der Waals surface area contributed by atoms with Gasteiger partial charge in [-0.1, -0.05) is 13.5 Å². The second-order valence-electron chi connectivity index (χ2n) is 3.44. The molecule has 0 N–H and O–H groups in total. The average molecular weight is 186 g/mol. The standard InChI is InChI=1S/C10H18OS/c1-3-10(9-11-4-2)5-7-12-8-6-10/h4H,2-3,5-9H2,1H3. The lowest BCUT2D eigenvalue weighted by molar-refractivity contribution is 0.0949. The van der Waals surface area contributed by atoms with Gasteiger partial charge in [-0.2, -0.15) is 11.8 Å². The van der Waals surface area contributed by atoms with E-state index in [2.05, 4.69) is 25.3 Å². The van der Waals surface area contributed by atoms with Crippen molar-refractivity contribution in [1.82, 2.24) is 0 Å². The van der Waals surface area contributed by atoms with Crippen LogP contribution < -0.4 is 0 Å². The van der Waals surface area contributed by atoms with Crippen LogP contribution in [0.25, 0.3) is 0 Å². The summed E-state index contributed by atoms with van der Waals surface area (Å²) in [4.78, 5) is 0. The zero-order valence-electron chi connectivity index (χ0n) is 7.84. The molecule has 1 fully saturated rings. The summed E-state index contributed by atoms with van der Waals surface area (Å²) >= 11 is 2.06. The molecule has 70 valence electrons.